The molecular weight excluding hydrogens is 361 g/mol. The van der Waals surface area contributed by atoms with Crippen LogP contribution in [0, 0.1) is 5.82 Å². The van der Waals surface area contributed by atoms with Crippen LogP contribution in [0.5, 0.6) is 0 Å². The Morgan fingerprint density at radius 2 is 2.17 bits per heavy atom. The molecule has 1 N–H and O–H groups in total. The Hall–Kier alpha value is -2.28. The summed E-state index contributed by atoms with van der Waals surface area (Å²) in [7, 11) is 0. The third-order valence-corrected chi connectivity index (χ3v) is 4.74. The molecule has 2 aromatic heterocycles. The molecule has 2 atom stereocenters. The van der Waals surface area contributed by atoms with Crippen molar-refractivity contribution in [3.8, 4) is 0 Å². The van der Waals surface area contributed by atoms with Gasteiger partial charge in [0.1, 0.15) is 12.1 Å². The summed E-state index contributed by atoms with van der Waals surface area (Å²) in [5, 5.41) is 7.61. The minimum absolute atomic E-state index is 0.00286. The van der Waals surface area contributed by atoms with Gasteiger partial charge in [-0.05, 0) is 30.2 Å². The zero-order valence-electron chi connectivity index (χ0n) is 12.0. The smallest absolute Gasteiger partial charge is 0.222 e. The van der Waals surface area contributed by atoms with Gasteiger partial charge >= 0.3 is 0 Å². The second kappa shape index (κ2) is 5.73. The predicted octanol–water partition coefficient (Wildman–Crippen LogP) is 3.72. The Morgan fingerprint density at radius 1 is 1.26 bits per heavy atom. The molecule has 0 saturated carbocycles. The van der Waals surface area contributed by atoms with E-state index in [1.54, 1.807) is 16.9 Å². The molecule has 23 heavy (non-hydrogen) atoms. The van der Waals surface area contributed by atoms with Gasteiger partial charge in [-0.2, -0.15) is 10.1 Å². The molecule has 0 fully saturated rings. The van der Waals surface area contributed by atoms with Gasteiger partial charge in [-0.3, -0.25) is 4.98 Å². The molecule has 116 valence electrons. The number of rotatable bonds is 2. The van der Waals surface area contributed by atoms with Crippen LogP contribution in [0.1, 0.15) is 29.6 Å². The van der Waals surface area contributed by atoms with E-state index >= 15 is 0 Å². The number of nitrogens with zero attached hydrogens (tertiary/aromatic N) is 4. The Morgan fingerprint density at radius 3 is 2.96 bits per heavy atom. The highest BCUT2D eigenvalue weighted by Crippen LogP contribution is 2.40. The fourth-order valence-electron chi connectivity index (χ4n) is 2.99. The normalized spacial score (nSPS) is 19.9. The van der Waals surface area contributed by atoms with Crippen molar-refractivity contribution in [3.63, 3.8) is 0 Å². The maximum atomic E-state index is 14.4. The van der Waals surface area contributed by atoms with E-state index in [4.69, 9.17) is 0 Å². The van der Waals surface area contributed by atoms with Gasteiger partial charge in [0.05, 0.1) is 12.1 Å². The molecule has 5 nitrogen and oxygen atoms in total. The highest BCUT2D eigenvalue weighted by molar-refractivity contribution is 9.10. The van der Waals surface area contributed by atoms with E-state index in [1.807, 2.05) is 24.4 Å². The molecule has 0 bridgehead atoms. The first kappa shape index (κ1) is 14.3. The predicted molar refractivity (Wildman–Crippen MR) is 87.5 cm³/mol. The Kier molecular flexibility index (Phi) is 3.57. The minimum Gasteiger partial charge on any atom is -0.347 e. The molecule has 0 radical (unpaired) electrons. The van der Waals surface area contributed by atoms with Gasteiger partial charge in [-0.15, -0.1) is 0 Å². The van der Waals surface area contributed by atoms with Gasteiger partial charge in [0.2, 0.25) is 5.95 Å². The molecule has 4 rings (SSSR count). The molecule has 0 spiro atoms. The van der Waals surface area contributed by atoms with E-state index < -0.39 is 0 Å². The summed E-state index contributed by atoms with van der Waals surface area (Å²) in [6.07, 6.45) is 5.69. The molecule has 0 amide bonds. The van der Waals surface area contributed by atoms with E-state index in [1.165, 1.54) is 12.4 Å². The van der Waals surface area contributed by atoms with Crippen LogP contribution in [0.25, 0.3) is 0 Å². The van der Waals surface area contributed by atoms with E-state index in [2.05, 4.69) is 36.3 Å². The fraction of sp³-hybridized carbons (Fsp3) is 0.188. The number of nitrogens with one attached hydrogen (secondary N) is 1. The molecule has 3 aromatic rings. The number of aromatic nitrogens is 4. The van der Waals surface area contributed by atoms with Crippen molar-refractivity contribution in [3.05, 3.63) is 70.5 Å². The van der Waals surface area contributed by atoms with Crippen molar-refractivity contribution < 1.29 is 4.39 Å². The second-order valence-corrected chi connectivity index (χ2v) is 6.25. The molecule has 1 aliphatic rings. The van der Waals surface area contributed by atoms with Crippen molar-refractivity contribution in [2.75, 3.05) is 5.32 Å². The van der Waals surface area contributed by atoms with Crippen LogP contribution in [-0.2, 0) is 0 Å². The second-order valence-electron chi connectivity index (χ2n) is 5.40. The number of anilines is 1. The third-order valence-electron chi connectivity index (χ3n) is 4.05. The summed E-state index contributed by atoms with van der Waals surface area (Å²) >= 11 is 3.46. The van der Waals surface area contributed by atoms with Gasteiger partial charge in [-0.1, -0.05) is 28.1 Å². The summed E-state index contributed by atoms with van der Waals surface area (Å²) in [5.41, 5.74) is 1.63. The van der Waals surface area contributed by atoms with E-state index in [0.29, 0.717) is 17.9 Å². The maximum Gasteiger partial charge on any atom is 0.222 e. The standard InChI is InChI=1S/C16H13BrFN5/c17-11-4-1-5-12(18)15(11)14-7-13(10-3-2-6-19-8-10)22-16-20-9-21-23(14)16/h1-6,8-9,13-14H,7H2,(H,20,21,22)/t13-,14+/m0/s1. The molecule has 7 heteroatoms. The lowest BCUT2D eigenvalue weighted by Crippen LogP contribution is -2.28. The van der Waals surface area contributed by atoms with Crippen molar-refractivity contribution in [1.29, 1.82) is 0 Å². The van der Waals surface area contributed by atoms with E-state index in [9.17, 15) is 4.39 Å². The summed E-state index contributed by atoms with van der Waals surface area (Å²) in [4.78, 5) is 8.42. The largest absolute Gasteiger partial charge is 0.347 e. The number of fused-ring (bicyclic) bond motifs is 1. The van der Waals surface area contributed by atoms with Crippen LogP contribution in [0.2, 0.25) is 0 Å². The van der Waals surface area contributed by atoms with Gasteiger partial charge in [-0.25, -0.2) is 9.07 Å². The first-order valence-electron chi connectivity index (χ1n) is 7.24. The quantitative estimate of drug-likeness (QED) is 0.743. The Balaban J connectivity index is 1.80. The van der Waals surface area contributed by atoms with Gasteiger partial charge in [0, 0.05) is 22.4 Å². The van der Waals surface area contributed by atoms with E-state index in [-0.39, 0.29) is 17.9 Å². The highest BCUT2D eigenvalue weighted by atomic mass is 79.9. The maximum absolute atomic E-state index is 14.4. The molecule has 0 unspecified atom stereocenters. The average molecular weight is 374 g/mol. The number of pyridine rings is 1. The summed E-state index contributed by atoms with van der Waals surface area (Å²) in [5.74, 6) is 0.378. The molecule has 0 saturated heterocycles. The number of hydrogen-bond donors (Lipinski definition) is 1. The lowest BCUT2D eigenvalue weighted by atomic mass is 9.94. The van der Waals surface area contributed by atoms with Crippen LogP contribution in [0.3, 0.4) is 0 Å². The van der Waals surface area contributed by atoms with Crippen LogP contribution in [-0.4, -0.2) is 19.7 Å². The molecule has 1 aliphatic heterocycles. The SMILES string of the molecule is Fc1cccc(Br)c1[C@H]1C[C@@H](c2cccnc2)Nc2ncnn21. The van der Waals surface area contributed by atoms with Crippen LogP contribution in [0.15, 0.2) is 53.5 Å². The topological polar surface area (TPSA) is 55.6 Å². The van der Waals surface area contributed by atoms with Crippen LogP contribution >= 0.6 is 15.9 Å². The number of halogens is 2. The zero-order chi connectivity index (χ0) is 15.8. The summed E-state index contributed by atoms with van der Waals surface area (Å²) in [6.45, 7) is 0. The Bertz CT molecular complexity index is 815. The molecule has 1 aromatic carbocycles. The first-order chi connectivity index (χ1) is 11.2. The van der Waals surface area contributed by atoms with Crippen LogP contribution < -0.4 is 5.32 Å². The van der Waals surface area contributed by atoms with Gasteiger partial charge in [0.25, 0.3) is 0 Å². The monoisotopic (exact) mass is 373 g/mol. The lowest BCUT2D eigenvalue weighted by molar-refractivity contribution is 0.414. The van der Waals surface area contributed by atoms with Crippen molar-refractivity contribution in [1.82, 2.24) is 19.7 Å². The number of hydrogen-bond acceptors (Lipinski definition) is 4. The van der Waals surface area contributed by atoms with Crippen LogP contribution in [0.4, 0.5) is 10.3 Å². The van der Waals surface area contributed by atoms with Crippen molar-refractivity contribution in [2.24, 2.45) is 0 Å². The fourth-order valence-corrected chi connectivity index (χ4v) is 3.60. The zero-order valence-corrected chi connectivity index (χ0v) is 13.6. The minimum atomic E-state index is -0.252. The average Bonchev–Trinajstić information content (AvgIpc) is 3.04. The third kappa shape index (κ3) is 2.50. The highest BCUT2D eigenvalue weighted by Gasteiger charge is 2.32. The lowest BCUT2D eigenvalue weighted by Gasteiger charge is -2.32. The summed E-state index contributed by atoms with van der Waals surface area (Å²) in [6, 6.07) is 8.65. The Labute approximate surface area is 140 Å². The first-order valence-corrected chi connectivity index (χ1v) is 8.03. The van der Waals surface area contributed by atoms with Crippen molar-refractivity contribution in [2.45, 2.75) is 18.5 Å². The van der Waals surface area contributed by atoms with Crippen molar-refractivity contribution >= 4 is 21.9 Å². The number of benzene rings is 1. The van der Waals surface area contributed by atoms with Gasteiger partial charge in [0.15, 0.2) is 0 Å². The summed E-state index contributed by atoms with van der Waals surface area (Å²) < 4.78 is 16.9. The van der Waals surface area contributed by atoms with E-state index in [0.717, 1.165) is 10.0 Å². The van der Waals surface area contributed by atoms with Gasteiger partial charge < -0.3 is 5.32 Å². The molecule has 3 heterocycles. The molecule has 0 aliphatic carbocycles. The molecular formula is C16H13BrFN5.